The van der Waals surface area contributed by atoms with Crippen LogP contribution in [0.1, 0.15) is 98.1 Å². The molecule has 0 amide bonds. The molecular weight excluding hydrogens is 663 g/mol. The van der Waals surface area contributed by atoms with Gasteiger partial charge in [0.15, 0.2) is 0 Å². The number of nitrogens with zero attached hydrogens (tertiary/aromatic N) is 2. The molecule has 6 aliphatic rings. The monoisotopic (exact) mass is 720 g/mol. The number of fused-ring (bicyclic) bond motifs is 4. The molecule has 55 heavy (non-hydrogen) atoms. The minimum absolute atomic E-state index is 0.0292. The Morgan fingerprint density at radius 3 is 2.18 bits per heavy atom. The van der Waals surface area contributed by atoms with Gasteiger partial charge >= 0.3 is 0 Å². The summed E-state index contributed by atoms with van der Waals surface area (Å²) in [4.78, 5) is 5.35. The molecule has 4 aliphatic carbocycles. The van der Waals surface area contributed by atoms with Crippen LogP contribution in [-0.4, -0.2) is 12.8 Å². The summed E-state index contributed by atoms with van der Waals surface area (Å²) >= 11 is 0. The van der Waals surface area contributed by atoms with Gasteiger partial charge in [0.25, 0.3) is 6.71 Å². The summed E-state index contributed by atoms with van der Waals surface area (Å²) < 4.78 is 0. The second-order valence-corrected chi connectivity index (χ2v) is 18.9. The molecule has 3 atom stereocenters. The van der Waals surface area contributed by atoms with Crippen LogP contribution >= 0.6 is 0 Å². The number of allylic oxidation sites excluding steroid dienone is 13. The molecule has 0 spiro atoms. The lowest BCUT2D eigenvalue weighted by atomic mass is 9.33. The Morgan fingerprint density at radius 1 is 0.655 bits per heavy atom. The van der Waals surface area contributed by atoms with E-state index in [9.17, 15) is 0 Å². The van der Waals surface area contributed by atoms with Crippen LogP contribution < -0.4 is 26.2 Å². The van der Waals surface area contributed by atoms with E-state index in [4.69, 9.17) is 0 Å². The van der Waals surface area contributed by atoms with Crippen molar-refractivity contribution in [1.29, 1.82) is 0 Å². The fraction of sp³-hybridized carbons (Fsp3) is 0.346. The molecule has 0 fully saturated rings. The first-order valence-corrected chi connectivity index (χ1v) is 20.9. The summed E-state index contributed by atoms with van der Waals surface area (Å²) in [5, 5.41) is 0. The Kier molecular flexibility index (Phi) is 8.80. The van der Waals surface area contributed by atoms with Crippen molar-refractivity contribution in [3.05, 3.63) is 162 Å². The van der Waals surface area contributed by atoms with E-state index >= 15 is 0 Å². The van der Waals surface area contributed by atoms with Crippen LogP contribution in [0.15, 0.2) is 150 Å². The third-order valence-electron chi connectivity index (χ3n) is 13.4. The van der Waals surface area contributed by atoms with Crippen LogP contribution in [0.4, 0.5) is 22.7 Å². The molecule has 278 valence electrons. The number of para-hydroxylation sites is 1. The van der Waals surface area contributed by atoms with Gasteiger partial charge in [-0.05, 0) is 126 Å². The lowest BCUT2D eigenvalue weighted by molar-refractivity contribution is 0.293. The van der Waals surface area contributed by atoms with Gasteiger partial charge in [-0.1, -0.05) is 150 Å². The number of anilines is 4. The van der Waals surface area contributed by atoms with Crippen molar-refractivity contribution in [3.63, 3.8) is 0 Å². The third-order valence-corrected chi connectivity index (χ3v) is 13.4. The third kappa shape index (κ3) is 6.01. The molecule has 0 aromatic heterocycles. The molecule has 0 saturated carbocycles. The van der Waals surface area contributed by atoms with Gasteiger partial charge < -0.3 is 9.80 Å². The van der Waals surface area contributed by atoms with Gasteiger partial charge in [-0.2, -0.15) is 0 Å². The van der Waals surface area contributed by atoms with Gasteiger partial charge in [0.05, 0.1) is 6.04 Å². The van der Waals surface area contributed by atoms with Crippen molar-refractivity contribution in [3.8, 4) is 0 Å². The Bertz CT molecular complexity index is 2290. The largest absolute Gasteiger partial charge is 0.335 e. The molecule has 2 nitrogen and oxygen atoms in total. The molecule has 0 bridgehead atoms. The van der Waals surface area contributed by atoms with Crippen LogP contribution in [0.5, 0.6) is 0 Å². The molecule has 9 rings (SSSR count). The molecule has 0 saturated heterocycles. The average Bonchev–Trinajstić information content (AvgIpc) is 3.20. The lowest BCUT2D eigenvalue weighted by Gasteiger charge is -2.48. The molecule has 2 aliphatic heterocycles. The molecule has 3 aromatic carbocycles. The zero-order chi connectivity index (χ0) is 38.1. The Labute approximate surface area is 331 Å². The van der Waals surface area contributed by atoms with Gasteiger partial charge in [-0.3, -0.25) is 0 Å². The van der Waals surface area contributed by atoms with Crippen molar-refractivity contribution in [1.82, 2.24) is 0 Å². The summed E-state index contributed by atoms with van der Waals surface area (Å²) in [5.41, 5.74) is 16.5. The fourth-order valence-corrected chi connectivity index (χ4v) is 10.1. The number of hydrogen-bond acceptors (Lipinski definition) is 2. The van der Waals surface area contributed by atoms with Crippen molar-refractivity contribution >= 4 is 45.9 Å². The molecule has 3 aromatic rings. The van der Waals surface area contributed by atoms with Crippen molar-refractivity contribution in [2.45, 2.75) is 104 Å². The maximum absolute atomic E-state index is 2.70. The zero-order valence-electron chi connectivity index (χ0n) is 34.1. The summed E-state index contributed by atoms with van der Waals surface area (Å²) in [7, 11) is 0. The predicted molar refractivity (Wildman–Crippen MR) is 239 cm³/mol. The van der Waals surface area contributed by atoms with E-state index in [1.54, 1.807) is 0 Å². The van der Waals surface area contributed by atoms with Gasteiger partial charge in [-0.25, -0.2) is 0 Å². The first-order chi connectivity index (χ1) is 26.4. The van der Waals surface area contributed by atoms with Crippen LogP contribution in [0.3, 0.4) is 0 Å². The first kappa shape index (κ1) is 35.9. The first-order valence-electron chi connectivity index (χ1n) is 20.9. The standard InChI is InChI=1S/C52H57BN2/c1-50(2,3)36-27-30-42(31-28-36)55-46-32-29-39(51(4,5)6)33-44(46)53-43-25-17-18-26-45(43)54(41-23-15-10-16-24-41)47-34-40(35-48(55)49(47)53)52(7,37-19-11-8-12-20-37)38-21-13-9-14-22-38/h8,10-11,13,15-19,21-23,25-27,29-36,41H,9,12,14,20,24,28H2,1-7H3. The molecule has 2 heterocycles. The highest BCUT2D eigenvalue weighted by molar-refractivity contribution is 7.00. The van der Waals surface area contributed by atoms with Gasteiger partial charge in [0, 0.05) is 33.9 Å². The van der Waals surface area contributed by atoms with Crippen LogP contribution in [-0.2, 0) is 10.8 Å². The van der Waals surface area contributed by atoms with Crippen molar-refractivity contribution in [2.75, 3.05) is 9.80 Å². The fourth-order valence-electron chi connectivity index (χ4n) is 10.1. The molecule has 0 radical (unpaired) electrons. The normalized spacial score (nSPS) is 22.4. The molecule has 3 unspecified atom stereocenters. The van der Waals surface area contributed by atoms with E-state index < -0.39 is 0 Å². The van der Waals surface area contributed by atoms with Crippen LogP contribution in [0.25, 0.3) is 0 Å². The summed E-state index contributed by atoms with van der Waals surface area (Å²) in [6, 6.07) is 22.1. The van der Waals surface area contributed by atoms with Crippen molar-refractivity contribution in [2.24, 2.45) is 11.3 Å². The number of hydrogen-bond donors (Lipinski definition) is 0. The second-order valence-electron chi connectivity index (χ2n) is 18.9. The van der Waals surface area contributed by atoms with Gasteiger partial charge in [-0.15, -0.1) is 0 Å². The SMILES string of the molecule is CC(C)(C)c1ccc2c(c1)B1c3ccccc3N(C3C=CC=CC3)c3cc(C(C)(C4=CCCC=C4)C4=CC=CCC4)cc(c31)N2C1=CCC(C(C)(C)C)C=C1. The number of benzene rings is 3. The van der Waals surface area contributed by atoms with Crippen LogP contribution in [0, 0.1) is 11.3 Å². The highest BCUT2D eigenvalue weighted by Crippen LogP contribution is 2.50. The van der Waals surface area contributed by atoms with E-state index in [2.05, 4.69) is 192 Å². The van der Waals surface area contributed by atoms with E-state index in [1.807, 2.05) is 0 Å². The minimum Gasteiger partial charge on any atom is -0.335 e. The zero-order valence-corrected chi connectivity index (χ0v) is 34.1. The van der Waals surface area contributed by atoms with Gasteiger partial charge in [0.1, 0.15) is 0 Å². The molecule has 0 N–H and O–H groups in total. The minimum atomic E-state index is -0.274. The average molecular weight is 721 g/mol. The number of rotatable bonds is 5. The second kappa shape index (κ2) is 13.5. The highest BCUT2D eigenvalue weighted by Gasteiger charge is 2.46. The molecule has 3 heteroatoms. The van der Waals surface area contributed by atoms with Crippen molar-refractivity contribution < 1.29 is 0 Å². The smallest absolute Gasteiger partial charge is 0.252 e. The Hall–Kier alpha value is -4.76. The quantitative estimate of drug-likeness (QED) is 0.242. The maximum Gasteiger partial charge on any atom is 0.252 e. The predicted octanol–water partition coefficient (Wildman–Crippen LogP) is 11.6. The van der Waals surface area contributed by atoms with E-state index in [0.29, 0.717) is 5.92 Å². The van der Waals surface area contributed by atoms with E-state index in [-0.39, 0.29) is 29.0 Å². The Balaban J connectivity index is 1.37. The highest BCUT2D eigenvalue weighted by atomic mass is 15.2. The lowest BCUT2D eigenvalue weighted by Crippen LogP contribution is -2.63. The van der Waals surface area contributed by atoms with E-state index in [0.717, 1.165) is 38.5 Å². The van der Waals surface area contributed by atoms with E-state index in [1.165, 1.54) is 67.1 Å². The Morgan fingerprint density at radius 2 is 1.49 bits per heavy atom. The van der Waals surface area contributed by atoms with Crippen LogP contribution in [0.2, 0.25) is 0 Å². The van der Waals surface area contributed by atoms with Gasteiger partial charge in [0.2, 0.25) is 0 Å². The summed E-state index contributed by atoms with van der Waals surface area (Å²) in [6.45, 7) is 16.8. The topological polar surface area (TPSA) is 6.48 Å². The summed E-state index contributed by atoms with van der Waals surface area (Å²) in [5.74, 6) is 0.505. The molecular formula is C52H57BN2. The maximum atomic E-state index is 2.70. The summed E-state index contributed by atoms with van der Waals surface area (Å²) in [6.07, 6.45) is 37.4.